The van der Waals surface area contributed by atoms with Crippen molar-refractivity contribution in [3.63, 3.8) is 0 Å². The van der Waals surface area contributed by atoms with Crippen LogP contribution in [0.2, 0.25) is 0 Å². The lowest BCUT2D eigenvalue weighted by Gasteiger charge is -2.39. The van der Waals surface area contributed by atoms with E-state index in [4.69, 9.17) is 9.15 Å². The number of hydrogen-bond donors (Lipinski definition) is 2. The molecule has 0 radical (unpaired) electrons. The standard InChI is InChI=1S/C21H24N2O6/c1-11(2)29-21(27)22-17-9-12(3)23(13(4)24)18-6-5-14(10-16(17)18)19-15(20(25)26)7-8-28-19/h5-8,10-12,17H,9H2,1-4H3,(H,22,27)(H,25,26)/t12-,17+/m1/s1. The molecule has 2 N–H and O–H groups in total. The molecule has 0 aliphatic carbocycles. The predicted molar refractivity (Wildman–Crippen MR) is 106 cm³/mol. The number of amides is 2. The van der Waals surface area contributed by atoms with Crippen molar-refractivity contribution in [3.05, 3.63) is 41.7 Å². The van der Waals surface area contributed by atoms with Crippen LogP contribution in [-0.2, 0) is 9.53 Å². The summed E-state index contributed by atoms with van der Waals surface area (Å²) in [4.78, 5) is 37.5. The van der Waals surface area contributed by atoms with Gasteiger partial charge in [0.25, 0.3) is 0 Å². The zero-order valence-corrected chi connectivity index (χ0v) is 16.8. The van der Waals surface area contributed by atoms with Gasteiger partial charge in [-0.15, -0.1) is 0 Å². The third kappa shape index (κ3) is 4.11. The summed E-state index contributed by atoms with van der Waals surface area (Å²) in [6.45, 7) is 6.92. The van der Waals surface area contributed by atoms with Crippen molar-refractivity contribution < 1.29 is 28.6 Å². The van der Waals surface area contributed by atoms with Gasteiger partial charge in [-0.1, -0.05) is 0 Å². The van der Waals surface area contributed by atoms with E-state index in [0.29, 0.717) is 23.2 Å². The number of nitrogens with zero attached hydrogens (tertiary/aromatic N) is 1. The highest BCUT2D eigenvalue weighted by Gasteiger charge is 2.34. The summed E-state index contributed by atoms with van der Waals surface area (Å²) in [5, 5.41) is 12.2. The summed E-state index contributed by atoms with van der Waals surface area (Å²) >= 11 is 0. The molecule has 154 valence electrons. The number of aromatic carboxylic acids is 1. The van der Waals surface area contributed by atoms with Gasteiger partial charge in [-0.3, -0.25) is 4.79 Å². The fraction of sp³-hybridized carbons (Fsp3) is 0.381. The summed E-state index contributed by atoms with van der Waals surface area (Å²) in [7, 11) is 0. The van der Waals surface area contributed by atoms with Gasteiger partial charge in [0.1, 0.15) is 11.3 Å². The molecule has 2 heterocycles. The van der Waals surface area contributed by atoms with Crippen molar-refractivity contribution in [1.82, 2.24) is 5.32 Å². The van der Waals surface area contributed by atoms with Crippen LogP contribution in [0, 0.1) is 0 Å². The van der Waals surface area contributed by atoms with Crippen molar-refractivity contribution in [2.45, 2.75) is 52.3 Å². The average Bonchev–Trinajstić information content (AvgIpc) is 3.10. The Morgan fingerprint density at radius 2 is 2.00 bits per heavy atom. The van der Waals surface area contributed by atoms with Crippen LogP contribution in [0.15, 0.2) is 34.9 Å². The molecule has 2 atom stereocenters. The maximum atomic E-state index is 12.2. The lowest BCUT2D eigenvalue weighted by Crippen LogP contribution is -2.45. The van der Waals surface area contributed by atoms with Gasteiger partial charge >= 0.3 is 12.1 Å². The van der Waals surface area contributed by atoms with E-state index in [-0.39, 0.29) is 29.4 Å². The molecule has 2 aromatic rings. The Morgan fingerprint density at radius 3 is 2.62 bits per heavy atom. The van der Waals surface area contributed by atoms with Crippen molar-refractivity contribution in [2.24, 2.45) is 0 Å². The van der Waals surface area contributed by atoms with Crippen molar-refractivity contribution in [2.75, 3.05) is 4.90 Å². The van der Waals surface area contributed by atoms with E-state index in [1.807, 2.05) is 6.92 Å². The molecule has 0 fully saturated rings. The quantitative estimate of drug-likeness (QED) is 0.804. The Morgan fingerprint density at radius 1 is 1.28 bits per heavy atom. The van der Waals surface area contributed by atoms with Gasteiger partial charge in [0.2, 0.25) is 5.91 Å². The number of nitrogens with one attached hydrogen (secondary N) is 1. The Labute approximate surface area is 168 Å². The van der Waals surface area contributed by atoms with Crippen LogP contribution in [0.4, 0.5) is 10.5 Å². The minimum absolute atomic E-state index is 0.0429. The van der Waals surface area contributed by atoms with Gasteiger partial charge in [0.05, 0.1) is 18.4 Å². The SMILES string of the molecule is CC(=O)N1c2ccc(-c3occc3C(=O)O)cc2[C@@H](NC(=O)OC(C)C)C[C@H]1C. The zero-order valence-electron chi connectivity index (χ0n) is 16.8. The average molecular weight is 400 g/mol. The highest BCUT2D eigenvalue weighted by atomic mass is 16.6. The first kappa shape index (κ1) is 20.4. The lowest BCUT2D eigenvalue weighted by atomic mass is 9.89. The molecule has 1 aliphatic heterocycles. The second-order valence-corrected chi connectivity index (χ2v) is 7.37. The molecular formula is C21H24N2O6. The fourth-order valence-corrected chi connectivity index (χ4v) is 3.71. The molecular weight excluding hydrogens is 376 g/mol. The number of fused-ring (bicyclic) bond motifs is 1. The number of rotatable bonds is 4. The molecule has 29 heavy (non-hydrogen) atoms. The number of ether oxygens (including phenoxy) is 1. The monoisotopic (exact) mass is 400 g/mol. The number of alkyl carbamates (subject to hydrolysis) is 1. The fourth-order valence-electron chi connectivity index (χ4n) is 3.71. The molecule has 0 saturated heterocycles. The first-order valence-electron chi connectivity index (χ1n) is 9.41. The molecule has 0 unspecified atom stereocenters. The highest BCUT2D eigenvalue weighted by Crippen LogP contribution is 2.40. The van der Waals surface area contributed by atoms with Gasteiger partial charge in [0, 0.05) is 24.2 Å². The minimum atomic E-state index is -1.10. The molecule has 2 amide bonds. The van der Waals surface area contributed by atoms with Crippen molar-refractivity contribution >= 4 is 23.7 Å². The van der Waals surface area contributed by atoms with E-state index >= 15 is 0 Å². The topological polar surface area (TPSA) is 109 Å². The van der Waals surface area contributed by atoms with E-state index in [2.05, 4.69) is 5.32 Å². The van der Waals surface area contributed by atoms with Gasteiger partial charge in [0.15, 0.2) is 0 Å². The number of carbonyl (C=O) groups is 3. The normalized spacial score (nSPS) is 18.3. The Balaban J connectivity index is 2.06. The molecule has 1 aliphatic rings. The second-order valence-electron chi connectivity index (χ2n) is 7.37. The van der Waals surface area contributed by atoms with Crippen molar-refractivity contribution in [3.8, 4) is 11.3 Å². The van der Waals surface area contributed by atoms with Gasteiger partial charge in [-0.25, -0.2) is 9.59 Å². The van der Waals surface area contributed by atoms with Gasteiger partial charge in [-0.05, 0) is 57.0 Å². The molecule has 3 rings (SSSR count). The smallest absolute Gasteiger partial charge is 0.407 e. The second kappa shape index (κ2) is 7.98. The summed E-state index contributed by atoms with van der Waals surface area (Å²) < 4.78 is 10.6. The Hall–Kier alpha value is -3.29. The van der Waals surface area contributed by atoms with E-state index in [1.54, 1.807) is 36.9 Å². The number of carbonyl (C=O) groups excluding carboxylic acids is 2. The number of carboxylic acid groups (broad SMARTS) is 1. The van der Waals surface area contributed by atoms with Crippen LogP contribution in [0.5, 0.6) is 0 Å². The van der Waals surface area contributed by atoms with E-state index in [1.165, 1.54) is 19.3 Å². The zero-order chi connectivity index (χ0) is 21.3. The third-order valence-corrected chi connectivity index (χ3v) is 4.81. The molecule has 8 heteroatoms. The Bertz CT molecular complexity index is 948. The summed E-state index contributed by atoms with van der Waals surface area (Å²) in [5.74, 6) is -0.989. The summed E-state index contributed by atoms with van der Waals surface area (Å²) in [5.41, 5.74) is 1.96. The van der Waals surface area contributed by atoms with Crippen LogP contribution in [0.1, 0.15) is 56.1 Å². The minimum Gasteiger partial charge on any atom is -0.478 e. The summed E-state index contributed by atoms with van der Waals surface area (Å²) in [6, 6.07) is 6.07. The van der Waals surface area contributed by atoms with Crippen LogP contribution in [0.3, 0.4) is 0 Å². The van der Waals surface area contributed by atoms with Gasteiger partial charge in [-0.2, -0.15) is 0 Å². The van der Waals surface area contributed by atoms with Crippen LogP contribution >= 0.6 is 0 Å². The molecule has 1 aromatic carbocycles. The lowest BCUT2D eigenvalue weighted by molar-refractivity contribution is -0.117. The number of benzene rings is 1. The van der Waals surface area contributed by atoms with E-state index in [9.17, 15) is 19.5 Å². The van der Waals surface area contributed by atoms with E-state index in [0.717, 1.165) is 0 Å². The number of anilines is 1. The maximum Gasteiger partial charge on any atom is 0.407 e. The van der Waals surface area contributed by atoms with Crippen molar-refractivity contribution in [1.29, 1.82) is 0 Å². The molecule has 8 nitrogen and oxygen atoms in total. The molecule has 0 spiro atoms. The largest absolute Gasteiger partial charge is 0.478 e. The van der Waals surface area contributed by atoms with Crippen LogP contribution in [-0.4, -0.2) is 35.2 Å². The third-order valence-electron chi connectivity index (χ3n) is 4.81. The molecule has 1 aromatic heterocycles. The Kier molecular flexibility index (Phi) is 5.63. The van der Waals surface area contributed by atoms with Crippen LogP contribution < -0.4 is 10.2 Å². The van der Waals surface area contributed by atoms with Crippen LogP contribution in [0.25, 0.3) is 11.3 Å². The predicted octanol–water partition coefficient (Wildman–Crippen LogP) is 3.97. The highest BCUT2D eigenvalue weighted by molar-refractivity contribution is 5.96. The first-order valence-corrected chi connectivity index (χ1v) is 9.41. The van der Waals surface area contributed by atoms with Gasteiger partial charge < -0.3 is 24.5 Å². The maximum absolute atomic E-state index is 12.2. The number of furan rings is 1. The van der Waals surface area contributed by atoms with E-state index < -0.39 is 18.1 Å². The number of hydrogen-bond acceptors (Lipinski definition) is 5. The molecule has 0 bridgehead atoms. The summed E-state index contributed by atoms with van der Waals surface area (Å²) in [6.07, 6.45) is 0.997. The first-order chi connectivity index (χ1) is 13.7. The molecule has 0 saturated carbocycles. The number of carboxylic acids is 1.